The van der Waals surface area contributed by atoms with Crippen molar-refractivity contribution < 1.29 is 18.3 Å². The summed E-state index contributed by atoms with van der Waals surface area (Å²) in [4.78, 5) is 2.19. The Labute approximate surface area is 110 Å². The van der Waals surface area contributed by atoms with Crippen molar-refractivity contribution in [3.63, 3.8) is 0 Å². The summed E-state index contributed by atoms with van der Waals surface area (Å²) >= 11 is 0. The van der Waals surface area contributed by atoms with E-state index in [2.05, 4.69) is 18.7 Å². The van der Waals surface area contributed by atoms with E-state index in [4.69, 9.17) is 0 Å². The van der Waals surface area contributed by atoms with E-state index in [-0.39, 0.29) is 5.56 Å². The van der Waals surface area contributed by atoms with Crippen molar-refractivity contribution in [2.24, 2.45) is 0 Å². The molecule has 0 aromatic heterocycles. The molecule has 0 amide bonds. The number of halogens is 3. The Balaban J connectivity index is 2.23. The quantitative estimate of drug-likeness (QED) is 0.838. The van der Waals surface area contributed by atoms with E-state index in [0.717, 1.165) is 12.1 Å². The molecule has 1 aromatic carbocycles. The van der Waals surface area contributed by atoms with E-state index in [0.29, 0.717) is 32.0 Å². The van der Waals surface area contributed by atoms with Crippen molar-refractivity contribution in [3.8, 4) is 0 Å². The van der Waals surface area contributed by atoms with Crippen LogP contribution in [0.3, 0.4) is 0 Å². The molecule has 1 aliphatic heterocycles. The van der Waals surface area contributed by atoms with E-state index in [1.807, 2.05) is 0 Å². The highest BCUT2D eigenvalue weighted by Gasteiger charge is 2.35. The second kappa shape index (κ2) is 5.13. The summed E-state index contributed by atoms with van der Waals surface area (Å²) in [6.45, 7) is 5.41. The number of hydrogen-bond donors (Lipinski definition) is 1. The van der Waals surface area contributed by atoms with Crippen LogP contribution in [0.25, 0.3) is 0 Å². The van der Waals surface area contributed by atoms with Crippen molar-refractivity contribution in [2.45, 2.75) is 38.3 Å². The molecule has 2 rings (SSSR count). The zero-order valence-electron chi connectivity index (χ0n) is 11.1. The lowest BCUT2D eigenvalue weighted by molar-refractivity contribution is -0.0328. The van der Waals surface area contributed by atoms with E-state index >= 15 is 0 Å². The summed E-state index contributed by atoms with van der Waals surface area (Å²) in [6, 6.07) is 2.15. The number of aliphatic hydroxyl groups is 1. The van der Waals surface area contributed by atoms with Crippen LogP contribution in [0.5, 0.6) is 0 Å². The summed E-state index contributed by atoms with van der Waals surface area (Å²) in [5.74, 6) is -4.00. The maximum Gasteiger partial charge on any atom is 0.194 e. The fourth-order valence-electron chi connectivity index (χ4n) is 2.52. The summed E-state index contributed by atoms with van der Waals surface area (Å²) in [7, 11) is 0. The van der Waals surface area contributed by atoms with Gasteiger partial charge in [-0.1, -0.05) is 0 Å². The molecule has 0 atom stereocenters. The number of hydrogen-bond acceptors (Lipinski definition) is 2. The van der Waals surface area contributed by atoms with Gasteiger partial charge in [0, 0.05) is 19.1 Å². The van der Waals surface area contributed by atoms with Crippen LogP contribution in [0.1, 0.15) is 32.3 Å². The minimum Gasteiger partial charge on any atom is -0.385 e. The Kier molecular flexibility index (Phi) is 3.87. The van der Waals surface area contributed by atoms with Gasteiger partial charge in [0.25, 0.3) is 0 Å². The lowest BCUT2D eigenvalue weighted by atomic mass is 9.84. The van der Waals surface area contributed by atoms with Crippen LogP contribution in [0.2, 0.25) is 0 Å². The van der Waals surface area contributed by atoms with E-state index in [9.17, 15) is 18.3 Å². The summed E-state index contributed by atoms with van der Waals surface area (Å²) < 4.78 is 39.4. The molecule has 0 saturated carbocycles. The van der Waals surface area contributed by atoms with Crippen LogP contribution in [0.4, 0.5) is 13.2 Å². The second-order valence-corrected chi connectivity index (χ2v) is 5.42. The molecule has 0 spiro atoms. The maximum atomic E-state index is 13.2. The third-order valence-electron chi connectivity index (χ3n) is 3.88. The molecule has 5 heteroatoms. The van der Waals surface area contributed by atoms with Gasteiger partial charge in [-0.2, -0.15) is 0 Å². The van der Waals surface area contributed by atoms with Gasteiger partial charge >= 0.3 is 0 Å². The SMILES string of the molecule is CC(C)N1CCC(O)(c2cc(F)c(F)c(F)c2)CC1. The number of piperidine rings is 1. The minimum absolute atomic E-state index is 0.118. The molecule has 106 valence electrons. The molecule has 0 aliphatic carbocycles. The number of nitrogens with zero attached hydrogens (tertiary/aromatic N) is 1. The predicted molar refractivity (Wildman–Crippen MR) is 66.2 cm³/mol. The highest BCUT2D eigenvalue weighted by molar-refractivity contribution is 5.26. The standard InChI is InChI=1S/C14H18F3NO/c1-9(2)18-5-3-14(19,4-6-18)10-7-11(15)13(17)12(16)8-10/h7-9,19H,3-6H2,1-2H3. The Bertz CT molecular complexity index is 445. The first-order chi connectivity index (χ1) is 8.83. The molecule has 1 heterocycles. The van der Waals surface area contributed by atoms with Crippen LogP contribution < -0.4 is 0 Å². The van der Waals surface area contributed by atoms with Gasteiger partial charge in [0.05, 0.1) is 5.60 Å². The molecule has 0 unspecified atom stereocenters. The first-order valence-electron chi connectivity index (χ1n) is 6.45. The van der Waals surface area contributed by atoms with Gasteiger partial charge in [-0.25, -0.2) is 13.2 Å². The van der Waals surface area contributed by atoms with Gasteiger partial charge < -0.3 is 10.0 Å². The average molecular weight is 273 g/mol. The molecular formula is C14H18F3NO. The number of likely N-dealkylation sites (tertiary alicyclic amines) is 1. The first kappa shape index (κ1) is 14.3. The molecule has 1 fully saturated rings. The van der Waals surface area contributed by atoms with Gasteiger partial charge in [-0.15, -0.1) is 0 Å². The lowest BCUT2D eigenvalue weighted by Gasteiger charge is -2.40. The minimum atomic E-state index is -1.49. The van der Waals surface area contributed by atoms with Gasteiger partial charge in [0.15, 0.2) is 17.5 Å². The molecule has 1 saturated heterocycles. The van der Waals surface area contributed by atoms with E-state index in [1.165, 1.54) is 0 Å². The zero-order chi connectivity index (χ0) is 14.2. The zero-order valence-corrected chi connectivity index (χ0v) is 11.1. The Morgan fingerprint density at radius 3 is 2.00 bits per heavy atom. The monoisotopic (exact) mass is 273 g/mol. The summed E-state index contributed by atoms with van der Waals surface area (Å²) in [5.41, 5.74) is -1.16. The smallest absolute Gasteiger partial charge is 0.194 e. The largest absolute Gasteiger partial charge is 0.385 e. The van der Waals surface area contributed by atoms with Crippen molar-refractivity contribution >= 4 is 0 Å². The van der Waals surface area contributed by atoms with Gasteiger partial charge in [0.2, 0.25) is 0 Å². The Morgan fingerprint density at radius 2 is 1.58 bits per heavy atom. The molecule has 2 nitrogen and oxygen atoms in total. The third kappa shape index (κ3) is 2.77. The first-order valence-corrected chi connectivity index (χ1v) is 6.45. The lowest BCUT2D eigenvalue weighted by Crippen LogP contribution is -2.45. The fourth-order valence-corrected chi connectivity index (χ4v) is 2.52. The Morgan fingerprint density at radius 1 is 1.11 bits per heavy atom. The van der Waals surface area contributed by atoms with Crippen molar-refractivity contribution in [1.82, 2.24) is 4.90 Å². The normalized spacial score (nSPS) is 19.9. The Hall–Kier alpha value is -1.07. The predicted octanol–water partition coefficient (Wildman–Crippen LogP) is 2.80. The molecule has 1 aliphatic rings. The topological polar surface area (TPSA) is 23.5 Å². The summed E-state index contributed by atoms with van der Waals surface area (Å²) in [6.07, 6.45) is 0.769. The van der Waals surface area contributed by atoms with Crippen LogP contribution in [0, 0.1) is 17.5 Å². The fraction of sp³-hybridized carbons (Fsp3) is 0.571. The van der Waals surface area contributed by atoms with Crippen molar-refractivity contribution in [1.29, 1.82) is 0 Å². The second-order valence-electron chi connectivity index (χ2n) is 5.42. The van der Waals surface area contributed by atoms with Crippen LogP contribution in [0.15, 0.2) is 12.1 Å². The van der Waals surface area contributed by atoms with E-state index < -0.39 is 23.1 Å². The molecular weight excluding hydrogens is 255 g/mol. The van der Waals surface area contributed by atoms with Gasteiger partial charge in [-0.3, -0.25) is 0 Å². The van der Waals surface area contributed by atoms with Crippen molar-refractivity contribution in [2.75, 3.05) is 13.1 Å². The number of benzene rings is 1. The van der Waals surface area contributed by atoms with Gasteiger partial charge in [0.1, 0.15) is 0 Å². The van der Waals surface area contributed by atoms with Crippen LogP contribution in [-0.4, -0.2) is 29.1 Å². The molecule has 0 radical (unpaired) electrons. The van der Waals surface area contributed by atoms with Crippen LogP contribution in [-0.2, 0) is 5.60 Å². The average Bonchev–Trinajstić information content (AvgIpc) is 2.35. The molecule has 1 aromatic rings. The summed E-state index contributed by atoms with van der Waals surface area (Å²) in [5, 5.41) is 10.5. The van der Waals surface area contributed by atoms with Crippen molar-refractivity contribution in [3.05, 3.63) is 35.1 Å². The van der Waals surface area contributed by atoms with Crippen LogP contribution >= 0.6 is 0 Å². The highest BCUT2D eigenvalue weighted by atomic mass is 19.2. The molecule has 1 N–H and O–H groups in total. The maximum absolute atomic E-state index is 13.2. The third-order valence-corrected chi connectivity index (χ3v) is 3.88. The molecule has 0 bridgehead atoms. The van der Waals surface area contributed by atoms with E-state index in [1.54, 1.807) is 0 Å². The van der Waals surface area contributed by atoms with Gasteiger partial charge in [-0.05, 0) is 44.4 Å². The molecule has 19 heavy (non-hydrogen) atoms. The highest BCUT2D eigenvalue weighted by Crippen LogP contribution is 2.34. The number of rotatable bonds is 2.